The third-order valence-corrected chi connectivity index (χ3v) is 1.94. The third kappa shape index (κ3) is 6.50. The zero-order chi connectivity index (χ0) is 12.4. The first-order valence-electron chi connectivity index (χ1n) is 5.04. The van der Waals surface area contributed by atoms with E-state index in [-0.39, 0.29) is 0 Å². The van der Waals surface area contributed by atoms with Gasteiger partial charge in [-0.25, -0.2) is 4.79 Å². The van der Waals surface area contributed by atoms with Crippen LogP contribution in [0.15, 0.2) is 30.3 Å². The Labute approximate surface area is 95.7 Å². The summed E-state index contributed by atoms with van der Waals surface area (Å²) in [5.74, 6) is 2.06. The monoisotopic (exact) mass is 220 g/mol. The molecule has 0 spiro atoms. The Bertz CT molecular complexity index is 360. The number of aromatic carboxylic acids is 1. The standard InChI is InChI=1S/C7H6O2.C6H10O/c8-7(9)6-4-2-1-3-5-6;1-3-6(2)4-5-7/h1-5H,(H,8,9);6-7H,3H2,1-2H3. The van der Waals surface area contributed by atoms with Crippen LogP contribution in [0.2, 0.25) is 0 Å². The lowest BCUT2D eigenvalue weighted by atomic mass is 10.1. The fourth-order valence-corrected chi connectivity index (χ4v) is 0.793. The molecule has 0 radical (unpaired) electrons. The van der Waals surface area contributed by atoms with E-state index in [0.717, 1.165) is 6.42 Å². The van der Waals surface area contributed by atoms with Crippen molar-refractivity contribution in [2.75, 3.05) is 0 Å². The first-order chi connectivity index (χ1) is 7.61. The summed E-state index contributed by atoms with van der Waals surface area (Å²) in [6.07, 6.45) is 2.88. The lowest BCUT2D eigenvalue weighted by Gasteiger charge is -1.90. The van der Waals surface area contributed by atoms with Gasteiger partial charge in [-0.3, -0.25) is 0 Å². The van der Waals surface area contributed by atoms with E-state index < -0.39 is 5.97 Å². The first-order valence-corrected chi connectivity index (χ1v) is 5.04. The molecule has 1 atom stereocenters. The number of carbonyl (C=O) groups is 1. The van der Waals surface area contributed by atoms with E-state index >= 15 is 0 Å². The van der Waals surface area contributed by atoms with E-state index in [0.29, 0.717) is 11.5 Å². The van der Waals surface area contributed by atoms with Gasteiger partial charge in [0.15, 0.2) is 0 Å². The second kappa shape index (κ2) is 8.37. The predicted molar refractivity (Wildman–Crippen MR) is 62.6 cm³/mol. The number of benzene rings is 1. The Kier molecular flexibility index (Phi) is 7.35. The van der Waals surface area contributed by atoms with Gasteiger partial charge < -0.3 is 10.2 Å². The van der Waals surface area contributed by atoms with Crippen LogP contribution >= 0.6 is 0 Å². The molecule has 0 aliphatic rings. The summed E-state index contributed by atoms with van der Waals surface area (Å²) in [5, 5.41) is 16.4. The maximum Gasteiger partial charge on any atom is 0.335 e. The van der Waals surface area contributed by atoms with Crippen LogP contribution in [-0.4, -0.2) is 16.2 Å². The van der Waals surface area contributed by atoms with Crippen molar-refractivity contribution in [2.24, 2.45) is 5.92 Å². The Morgan fingerprint density at radius 1 is 1.38 bits per heavy atom. The highest BCUT2D eigenvalue weighted by Gasteiger charge is 1.96. The average Bonchev–Trinajstić information content (AvgIpc) is 2.31. The van der Waals surface area contributed by atoms with Crippen LogP contribution in [0.3, 0.4) is 0 Å². The number of hydrogen-bond acceptors (Lipinski definition) is 2. The molecule has 16 heavy (non-hydrogen) atoms. The fourth-order valence-electron chi connectivity index (χ4n) is 0.793. The van der Waals surface area contributed by atoms with Crippen molar-refractivity contribution in [3.63, 3.8) is 0 Å². The molecule has 0 aliphatic carbocycles. The first kappa shape index (κ1) is 14.1. The molecule has 1 unspecified atom stereocenters. The number of aliphatic hydroxyl groups excluding tert-OH is 1. The molecule has 0 aromatic heterocycles. The van der Waals surface area contributed by atoms with Crippen LogP contribution < -0.4 is 0 Å². The van der Waals surface area contributed by atoms with Crippen molar-refractivity contribution in [1.82, 2.24) is 0 Å². The van der Waals surface area contributed by atoms with Crippen molar-refractivity contribution in [3.8, 4) is 12.0 Å². The van der Waals surface area contributed by atoms with E-state index in [1.807, 2.05) is 20.0 Å². The van der Waals surface area contributed by atoms with Gasteiger partial charge in [0.1, 0.15) is 6.11 Å². The van der Waals surface area contributed by atoms with Gasteiger partial charge in [0.25, 0.3) is 0 Å². The minimum atomic E-state index is -0.879. The molecule has 0 aliphatic heterocycles. The van der Waals surface area contributed by atoms with Crippen LogP contribution in [-0.2, 0) is 0 Å². The van der Waals surface area contributed by atoms with Crippen molar-refractivity contribution in [3.05, 3.63) is 35.9 Å². The molecule has 0 heterocycles. The normalized spacial score (nSPS) is 10.1. The molecule has 3 heteroatoms. The maximum atomic E-state index is 10.2. The second-order valence-electron chi connectivity index (χ2n) is 3.24. The van der Waals surface area contributed by atoms with Crippen LogP contribution in [0.25, 0.3) is 0 Å². The largest absolute Gasteiger partial charge is 0.478 e. The molecule has 0 saturated carbocycles. The second-order valence-corrected chi connectivity index (χ2v) is 3.24. The van der Waals surface area contributed by atoms with Gasteiger partial charge in [-0.2, -0.15) is 0 Å². The molecule has 86 valence electrons. The fraction of sp³-hybridized carbons (Fsp3) is 0.308. The van der Waals surface area contributed by atoms with Crippen molar-refractivity contribution in [2.45, 2.75) is 20.3 Å². The summed E-state index contributed by atoms with van der Waals surface area (Å²) in [6.45, 7) is 4.01. The van der Waals surface area contributed by atoms with Gasteiger partial charge in [0.05, 0.1) is 5.56 Å². The van der Waals surface area contributed by atoms with Crippen molar-refractivity contribution < 1.29 is 15.0 Å². The molecule has 0 amide bonds. The van der Waals surface area contributed by atoms with Crippen molar-refractivity contribution >= 4 is 5.97 Å². The van der Waals surface area contributed by atoms with Crippen LogP contribution in [0.5, 0.6) is 0 Å². The number of carboxylic acids is 1. The van der Waals surface area contributed by atoms with Gasteiger partial charge in [0, 0.05) is 5.92 Å². The maximum absolute atomic E-state index is 10.2. The zero-order valence-corrected chi connectivity index (χ0v) is 9.47. The molecule has 0 fully saturated rings. The van der Waals surface area contributed by atoms with Crippen LogP contribution in [0.1, 0.15) is 30.6 Å². The lowest BCUT2D eigenvalue weighted by molar-refractivity contribution is 0.0697. The van der Waals surface area contributed by atoms with E-state index in [4.69, 9.17) is 10.2 Å². The van der Waals surface area contributed by atoms with Gasteiger partial charge in [-0.05, 0) is 18.6 Å². The number of aliphatic hydroxyl groups is 1. The summed E-state index contributed by atoms with van der Waals surface area (Å²) < 4.78 is 0. The van der Waals surface area contributed by atoms with E-state index in [1.54, 1.807) is 30.3 Å². The summed E-state index contributed by atoms with van der Waals surface area (Å²) in [7, 11) is 0. The Morgan fingerprint density at radius 3 is 2.19 bits per heavy atom. The third-order valence-electron chi connectivity index (χ3n) is 1.94. The summed E-state index contributed by atoms with van der Waals surface area (Å²) >= 11 is 0. The highest BCUT2D eigenvalue weighted by molar-refractivity contribution is 5.87. The van der Waals surface area contributed by atoms with Crippen LogP contribution in [0.4, 0.5) is 0 Å². The summed E-state index contributed by atoms with van der Waals surface area (Å²) in [4.78, 5) is 10.2. The Balaban J connectivity index is 0.000000293. The summed E-state index contributed by atoms with van der Waals surface area (Å²) in [6, 6.07) is 8.30. The lowest BCUT2D eigenvalue weighted by Crippen LogP contribution is -1.93. The smallest absolute Gasteiger partial charge is 0.335 e. The predicted octanol–water partition coefficient (Wildman–Crippen LogP) is 2.75. The minimum absolute atomic E-state index is 0.331. The number of carboxylic acid groups (broad SMARTS) is 1. The molecular weight excluding hydrogens is 204 g/mol. The van der Waals surface area contributed by atoms with Gasteiger partial charge in [-0.15, -0.1) is 0 Å². The molecule has 1 rings (SSSR count). The van der Waals surface area contributed by atoms with Gasteiger partial charge in [-0.1, -0.05) is 38.0 Å². The molecule has 3 nitrogen and oxygen atoms in total. The Hall–Kier alpha value is -1.95. The average molecular weight is 220 g/mol. The van der Waals surface area contributed by atoms with Crippen molar-refractivity contribution in [1.29, 1.82) is 0 Å². The van der Waals surface area contributed by atoms with Gasteiger partial charge >= 0.3 is 5.97 Å². The molecular formula is C13H16O3. The molecule has 0 bridgehead atoms. The summed E-state index contributed by atoms with van der Waals surface area (Å²) in [5.41, 5.74) is 0.331. The topological polar surface area (TPSA) is 57.5 Å². The Morgan fingerprint density at radius 2 is 1.94 bits per heavy atom. The van der Waals surface area contributed by atoms with E-state index in [2.05, 4.69) is 5.92 Å². The van der Waals surface area contributed by atoms with Crippen LogP contribution in [0, 0.1) is 17.9 Å². The number of hydrogen-bond donors (Lipinski definition) is 2. The molecule has 1 aromatic rings. The molecule has 1 aromatic carbocycles. The quantitative estimate of drug-likeness (QED) is 0.753. The highest BCUT2D eigenvalue weighted by Crippen LogP contribution is 1.96. The zero-order valence-electron chi connectivity index (χ0n) is 9.47. The van der Waals surface area contributed by atoms with E-state index in [9.17, 15) is 4.79 Å². The SMILES string of the molecule is CCC(C)C#CO.O=C(O)c1ccccc1. The molecule has 0 saturated heterocycles. The van der Waals surface area contributed by atoms with E-state index in [1.165, 1.54) is 0 Å². The number of rotatable bonds is 2. The van der Waals surface area contributed by atoms with Gasteiger partial charge in [0.2, 0.25) is 0 Å². The highest BCUT2D eigenvalue weighted by atomic mass is 16.4. The molecule has 2 N–H and O–H groups in total. The minimum Gasteiger partial charge on any atom is -0.478 e.